The largest absolute Gasteiger partial charge is 0.465 e. The van der Waals surface area contributed by atoms with Gasteiger partial charge in [-0.3, -0.25) is 4.79 Å². The molecule has 5 rings (SSSR count). The van der Waals surface area contributed by atoms with Crippen molar-refractivity contribution in [1.82, 2.24) is 25.1 Å². The molecule has 1 aromatic heterocycles. The van der Waals surface area contributed by atoms with Gasteiger partial charge in [-0.2, -0.15) is 4.98 Å². The number of aromatic nitrogens is 2. The predicted octanol–water partition coefficient (Wildman–Crippen LogP) is 2.97. The summed E-state index contributed by atoms with van der Waals surface area (Å²) in [6.45, 7) is 4.90. The molecular weight excluding hydrogens is 482 g/mol. The molecule has 204 valence electrons. The Bertz CT molecular complexity index is 1160. The average molecular weight is 522 g/mol. The second kappa shape index (κ2) is 11.6. The number of hydrogen-bond acceptors (Lipinski definition) is 7. The molecule has 3 aliphatic rings. The third-order valence-electron chi connectivity index (χ3n) is 8.35. The summed E-state index contributed by atoms with van der Waals surface area (Å²) in [7, 11) is 2.12. The number of likely N-dealkylation sites (N-methyl/N-ethyl adjacent to an activating group) is 1. The van der Waals surface area contributed by atoms with Crippen LogP contribution < -0.4 is 16.0 Å². The number of fused-ring (bicyclic) bond motifs is 1. The first-order chi connectivity index (χ1) is 18.4. The van der Waals surface area contributed by atoms with E-state index in [4.69, 9.17) is 5.73 Å². The number of rotatable bonds is 6. The topological polar surface area (TPSA) is 128 Å². The zero-order chi connectivity index (χ0) is 26.6. The van der Waals surface area contributed by atoms with E-state index in [1.807, 2.05) is 11.0 Å². The van der Waals surface area contributed by atoms with Crippen LogP contribution in [-0.4, -0.2) is 82.7 Å². The molecule has 1 aromatic carbocycles. The molecule has 10 nitrogen and oxygen atoms in total. The summed E-state index contributed by atoms with van der Waals surface area (Å²) < 4.78 is 0. The van der Waals surface area contributed by atoms with E-state index in [2.05, 4.69) is 50.3 Å². The van der Waals surface area contributed by atoms with E-state index in [-0.39, 0.29) is 30.2 Å². The van der Waals surface area contributed by atoms with E-state index in [9.17, 15) is 14.7 Å². The summed E-state index contributed by atoms with van der Waals surface area (Å²) in [5.74, 6) is 1.33. The summed E-state index contributed by atoms with van der Waals surface area (Å²) >= 11 is 0. The maximum Gasteiger partial charge on any atom is 0.404 e. The maximum absolute atomic E-state index is 13.3. The highest BCUT2D eigenvalue weighted by Crippen LogP contribution is 2.31. The lowest BCUT2D eigenvalue weighted by molar-refractivity contribution is -0.133. The molecule has 0 spiro atoms. The van der Waals surface area contributed by atoms with Crippen molar-refractivity contribution < 1.29 is 14.7 Å². The number of benzene rings is 1. The van der Waals surface area contributed by atoms with Crippen molar-refractivity contribution in [1.29, 1.82) is 0 Å². The van der Waals surface area contributed by atoms with Crippen LogP contribution >= 0.6 is 0 Å². The Balaban J connectivity index is 1.30. The minimum atomic E-state index is -1.05. The number of carboxylic acid groups (broad SMARTS) is 1. The second-order valence-electron chi connectivity index (χ2n) is 11.0. The molecule has 0 bridgehead atoms. The summed E-state index contributed by atoms with van der Waals surface area (Å²) in [6.07, 6.45) is 5.27. The fourth-order valence-corrected chi connectivity index (χ4v) is 6.08. The van der Waals surface area contributed by atoms with Gasteiger partial charge in [-0.25, -0.2) is 9.78 Å². The number of hydrogen-bond donors (Lipinski definition) is 3. The van der Waals surface area contributed by atoms with Crippen LogP contribution in [0.25, 0.3) is 11.3 Å². The van der Waals surface area contributed by atoms with Gasteiger partial charge in [0.15, 0.2) is 0 Å². The Morgan fingerprint density at radius 1 is 1.05 bits per heavy atom. The average Bonchev–Trinajstić information content (AvgIpc) is 2.92. The summed E-state index contributed by atoms with van der Waals surface area (Å²) in [5.41, 5.74) is 10.2. The fraction of sp³-hybridized carbons (Fsp3) is 0.571. The van der Waals surface area contributed by atoms with Crippen LogP contribution in [0.4, 0.5) is 16.6 Å². The molecule has 2 aromatic rings. The Morgan fingerprint density at radius 2 is 1.82 bits per heavy atom. The minimum Gasteiger partial charge on any atom is -0.465 e. The van der Waals surface area contributed by atoms with Gasteiger partial charge in [0.05, 0.1) is 5.69 Å². The van der Waals surface area contributed by atoms with Gasteiger partial charge < -0.3 is 30.9 Å². The Hall–Kier alpha value is -3.40. The minimum absolute atomic E-state index is 0.00834. The van der Waals surface area contributed by atoms with Gasteiger partial charge in [-0.05, 0) is 49.4 Å². The van der Waals surface area contributed by atoms with Crippen molar-refractivity contribution in [2.75, 3.05) is 50.4 Å². The van der Waals surface area contributed by atoms with Crippen LogP contribution in [0.5, 0.6) is 0 Å². The highest BCUT2D eigenvalue weighted by Gasteiger charge is 2.30. The fourth-order valence-electron chi connectivity index (χ4n) is 6.08. The number of carbonyl (C=O) groups excluding carboxylic acids is 1. The quantitative estimate of drug-likeness (QED) is 0.529. The zero-order valence-corrected chi connectivity index (χ0v) is 22.2. The first-order valence-corrected chi connectivity index (χ1v) is 13.8. The van der Waals surface area contributed by atoms with Gasteiger partial charge in [0.2, 0.25) is 11.9 Å². The third kappa shape index (κ3) is 6.18. The zero-order valence-electron chi connectivity index (χ0n) is 22.2. The molecule has 3 heterocycles. The lowest BCUT2D eigenvalue weighted by atomic mass is 9.82. The molecule has 1 saturated carbocycles. The lowest BCUT2D eigenvalue weighted by Crippen LogP contribution is -2.45. The number of piperazine rings is 1. The highest BCUT2D eigenvalue weighted by molar-refractivity contribution is 5.78. The molecule has 0 radical (unpaired) electrons. The predicted molar refractivity (Wildman–Crippen MR) is 147 cm³/mol. The monoisotopic (exact) mass is 521 g/mol. The van der Waals surface area contributed by atoms with Crippen molar-refractivity contribution in [3.8, 4) is 11.3 Å². The molecule has 1 saturated heterocycles. The van der Waals surface area contributed by atoms with Crippen molar-refractivity contribution in [3.63, 3.8) is 0 Å². The van der Waals surface area contributed by atoms with Crippen LogP contribution in [0.15, 0.2) is 24.3 Å². The molecule has 1 unspecified atom stereocenters. The highest BCUT2D eigenvalue weighted by atomic mass is 16.4. The Labute approximate surface area is 224 Å². The van der Waals surface area contributed by atoms with Gasteiger partial charge in [0.25, 0.3) is 0 Å². The van der Waals surface area contributed by atoms with Gasteiger partial charge in [-0.1, -0.05) is 31.4 Å². The van der Waals surface area contributed by atoms with E-state index < -0.39 is 6.09 Å². The maximum atomic E-state index is 13.3. The number of nitrogen functional groups attached to an aromatic ring is 1. The van der Waals surface area contributed by atoms with Gasteiger partial charge in [0.1, 0.15) is 5.82 Å². The van der Waals surface area contributed by atoms with Crippen molar-refractivity contribution in [2.45, 2.75) is 57.5 Å². The Kier molecular flexibility index (Phi) is 7.97. The molecule has 2 fully saturated rings. The molecule has 1 aliphatic carbocycles. The molecule has 1 atom stereocenters. The number of nitrogens with zero attached hydrogens (tertiary/aromatic N) is 5. The molecule has 4 N–H and O–H groups in total. The van der Waals surface area contributed by atoms with Crippen molar-refractivity contribution in [3.05, 3.63) is 35.4 Å². The lowest BCUT2D eigenvalue weighted by Gasteiger charge is -2.34. The standard InChI is InChI=1S/C28H39N7O3/c1-33-11-13-34(14-12-33)25-16-23(30-27(29)32-25)21-8-7-19-9-10-35(18-22(19)15-21)26(36)17-24(31-28(37)38)20-5-3-2-4-6-20/h7-8,15-16,20,24,31H,2-6,9-14,17-18H2,1H3,(H,37,38)(H2,29,30,32). The molecule has 10 heteroatoms. The van der Waals surface area contributed by atoms with Crippen molar-refractivity contribution >= 4 is 23.8 Å². The van der Waals surface area contributed by atoms with E-state index in [1.165, 1.54) is 12.0 Å². The number of carbonyl (C=O) groups is 2. The van der Waals surface area contributed by atoms with E-state index in [1.54, 1.807) is 0 Å². The number of anilines is 2. The van der Waals surface area contributed by atoms with E-state index >= 15 is 0 Å². The number of nitrogens with one attached hydrogen (secondary N) is 1. The summed E-state index contributed by atoms with van der Waals surface area (Å²) in [5, 5.41) is 12.0. The van der Waals surface area contributed by atoms with Crippen LogP contribution in [0, 0.1) is 5.92 Å². The normalized spacial score (nSPS) is 19.6. The smallest absolute Gasteiger partial charge is 0.404 e. The van der Waals surface area contributed by atoms with Crippen molar-refractivity contribution in [2.24, 2.45) is 5.92 Å². The first kappa shape index (κ1) is 26.2. The second-order valence-corrected chi connectivity index (χ2v) is 11.0. The molecule has 2 aliphatic heterocycles. The SMILES string of the molecule is CN1CCN(c2cc(-c3ccc4c(c3)CN(C(=O)CC(NC(=O)O)C3CCCCC3)CC4)nc(N)n2)CC1. The van der Waals surface area contributed by atoms with Gasteiger partial charge in [-0.15, -0.1) is 0 Å². The van der Waals surface area contributed by atoms with Crippen LogP contribution in [0.2, 0.25) is 0 Å². The Morgan fingerprint density at radius 3 is 2.55 bits per heavy atom. The van der Waals surface area contributed by atoms with E-state index in [0.717, 1.165) is 80.9 Å². The third-order valence-corrected chi connectivity index (χ3v) is 8.35. The summed E-state index contributed by atoms with van der Waals surface area (Å²) in [6, 6.07) is 7.98. The van der Waals surface area contributed by atoms with Crippen LogP contribution in [0.3, 0.4) is 0 Å². The molecule has 38 heavy (non-hydrogen) atoms. The summed E-state index contributed by atoms with van der Waals surface area (Å²) in [4.78, 5) is 40.2. The number of nitrogens with two attached hydrogens (primary N) is 1. The first-order valence-electron chi connectivity index (χ1n) is 13.8. The van der Waals surface area contributed by atoms with Gasteiger partial charge in [0, 0.05) is 63.4 Å². The van der Waals surface area contributed by atoms with E-state index in [0.29, 0.717) is 13.1 Å². The molecule has 2 amide bonds. The van der Waals surface area contributed by atoms with Crippen LogP contribution in [-0.2, 0) is 17.8 Å². The van der Waals surface area contributed by atoms with Gasteiger partial charge >= 0.3 is 6.09 Å². The number of amides is 2. The van der Waals surface area contributed by atoms with Crippen LogP contribution in [0.1, 0.15) is 49.7 Å². The molecular formula is C28H39N7O3.